The minimum atomic E-state index is -0.732. The van der Waals surface area contributed by atoms with Crippen LogP contribution in [0.4, 0.5) is 10.5 Å². The summed E-state index contributed by atoms with van der Waals surface area (Å²) >= 11 is 0. The monoisotopic (exact) mass is 455 g/mol. The van der Waals surface area contributed by atoms with Crippen molar-refractivity contribution >= 4 is 29.2 Å². The Morgan fingerprint density at radius 1 is 1.36 bits per heavy atom. The van der Waals surface area contributed by atoms with Crippen LogP contribution in [-0.4, -0.2) is 56.4 Å². The lowest BCUT2D eigenvalue weighted by Gasteiger charge is -2.26. The van der Waals surface area contributed by atoms with Gasteiger partial charge in [-0.05, 0) is 52.2 Å². The van der Waals surface area contributed by atoms with E-state index in [9.17, 15) is 14.4 Å². The van der Waals surface area contributed by atoms with Crippen molar-refractivity contribution in [3.63, 3.8) is 0 Å². The van der Waals surface area contributed by atoms with E-state index in [2.05, 4.69) is 25.3 Å². The first kappa shape index (κ1) is 23.8. The van der Waals surface area contributed by atoms with Gasteiger partial charge < -0.3 is 25.8 Å². The number of aromatic amines is 2. The van der Waals surface area contributed by atoms with Crippen LogP contribution in [0.5, 0.6) is 0 Å². The van der Waals surface area contributed by atoms with E-state index in [0.717, 1.165) is 19.3 Å². The van der Waals surface area contributed by atoms with Crippen LogP contribution in [0.15, 0.2) is 40.4 Å². The van der Waals surface area contributed by atoms with Crippen LogP contribution in [0.3, 0.4) is 0 Å². The molecule has 0 aliphatic heterocycles. The Morgan fingerprint density at radius 2 is 2.09 bits per heavy atom. The molecule has 176 valence electrons. The second kappa shape index (κ2) is 9.72. The number of amides is 2. The maximum Gasteiger partial charge on any atom is 0.414 e. The smallest absolute Gasteiger partial charge is 0.414 e. The number of hydrogen-bond acceptors (Lipinski definition) is 6. The van der Waals surface area contributed by atoms with Crippen LogP contribution < -0.4 is 16.6 Å². The molecule has 1 saturated carbocycles. The van der Waals surface area contributed by atoms with E-state index in [-0.39, 0.29) is 40.7 Å². The first-order valence-corrected chi connectivity index (χ1v) is 10.6. The summed E-state index contributed by atoms with van der Waals surface area (Å²) < 4.78 is 5.44. The highest BCUT2D eigenvalue weighted by Crippen LogP contribution is 2.21. The molecular weight excluding hydrogens is 426 g/mol. The van der Waals surface area contributed by atoms with Crippen molar-refractivity contribution in [2.24, 2.45) is 10.7 Å². The van der Waals surface area contributed by atoms with Crippen molar-refractivity contribution in [1.29, 1.82) is 0 Å². The molecule has 1 aliphatic rings. The van der Waals surface area contributed by atoms with E-state index in [1.807, 2.05) is 0 Å². The fourth-order valence-electron chi connectivity index (χ4n) is 2.95. The summed E-state index contributed by atoms with van der Waals surface area (Å²) in [6, 6.07) is 3.28. The summed E-state index contributed by atoms with van der Waals surface area (Å²) in [4.78, 5) is 52.1. The summed E-state index contributed by atoms with van der Waals surface area (Å²) in [6.07, 6.45) is 6.58. The van der Waals surface area contributed by atoms with Crippen LogP contribution in [0.1, 0.15) is 56.3 Å². The predicted octanol–water partition coefficient (Wildman–Crippen LogP) is 2.28. The normalized spacial score (nSPS) is 15.0. The maximum atomic E-state index is 12.7. The van der Waals surface area contributed by atoms with Gasteiger partial charge >= 0.3 is 6.09 Å². The molecule has 5 N–H and O–H groups in total. The number of rotatable bonds is 6. The van der Waals surface area contributed by atoms with Crippen LogP contribution in [0, 0.1) is 0 Å². The average molecular weight is 456 g/mol. The van der Waals surface area contributed by atoms with Gasteiger partial charge in [0.05, 0.1) is 11.9 Å². The Morgan fingerprint density at radius 3 is 2.70 bits per heavy atom. The van der Waals surface area contributed by atoms with Crippen LogP contribution >= 0.6 is 0 Å². The van der Waals surface area contributed by atoms with Gasteiger partial charge in [0.1, 0.15) is 22.8 Å². The van der Waals surface area contributed by atoms with Gasteiger partial charge in [-0.15, -0.1) is 0 Å². The van der Waals surface area contributed by atoms with Gasteiger partial charge in [0.15, 0.2) is 5.82 Å². The Hall–Kier alpha value is -3.89. The van der Waals surface area contributed by atoms with Crippen LogP contribution in [0.25, 0.3) is 5.70 Å². The number of amidine groups is 1. The van der Waals surface area contributed by atoms with E-state index in [0.29, 0.717) is 0 Å². The third kappa shape index (κ3) is 6.31. The van der Waals surface area contributed by atoms with Gasteiger partial charge in [0, 0.05) is 25.4 Å². The summed E-state index contributed by atoms with van der Waals surface area (Å²) in [6.45, 7) is 5.24. The van der Waals surface area contributed by atoms with Crippen LogP contribution in [-0.2, 0) is 4.74 Å². The molecular formula is C22H29N7O4. The Bertz CT molecular complexity index is 1140. The second-order valence-electron chi connectivity index (χ2n) is 8.74. The predicted molar refractivity (Wildman–Crippen MR) is 124 cm³/mol. The molecule has 1 fully saturated rings. The topological polar surface area (TPSA) is 159 Å². The summed E-state index contributed by atoms with van der Waals surface area (Å²) in [7, 11) is 1.49. The van der Waals surface area contributed by atoms with Gasteiger partial charge in [0.2, 0.25) is 0 Å². The molecule has 2 heterocycles. The van der Waals surface area contributed by atoms with Gasteiger partial charge in [-0.25, -0.2) is 14.8 Å². The Balaban J connectivity index is 1.94. The molecule has 33 heavy (non-hydrogen) atoms. The lowest BCUT2D eigenvalue weighted by Crippen LogP contribution is -2.39. The third-order valence-corrected chi connectivity index (χ3v) is 4.86. The summed E-state index contributed by atoms with van der Waals surface area (Å²) in [5, 5.41) is 2.93. The Labute approximate surface area is 191 Å². The van der Waals surface area contributed by atoms with Crippen molar-refractivity contribution in [2.75, 3.05) is 7.05 Å². The van der Waals surface area contributed by atoms with Crippen LogP contribution in [0.2, 0.25) is 0 Å². The minimum Gasteiger partial charge on any atom is -0.443 e. The molecule has 11 nitrogen and oxygen atoms in total. The number of ether oxygens (including phenoxy) is 1. The molecule has 0 aromatic carbocycles. The van der Waals surface area contributed by atoms with E-state index in [1.165, 1.54) is 36.5 Å². The number of nitrogens with two attached hydrogens (primary N) is 1. The zero-order chi connectivity index (χ0) is 24.2. The number of pyridine rings is 1. The number of aromatic nitrogens is 3. The molecule has 2 aromatic rings. The van der Waals surface area contributed by atoms with Crippen molar-refractivity contribution in [3.8, 4) is 0 Å². The first-order valence-electron chi connectivity index (χ1n) is 10.6. The molecule has 1 aliphatic carbocycles. The molecule has 0 unspecified atom stereocenters. The van der Waals surface area contributed by atoms with E-state index < -0.39 is 17.3 Å². The molecule has 0 bridgehead atoms. The van der Waals surface area contributed by atoms with Crippen molar-refractivity contribution in [2.45, 2.75) is 51.7 Å². The maximum absolute atomic E-state index is 12.7. The van der Waals surface area contributed by atoms with Crippen molar-refractivity contribution < 1.29 is 14.3 Å². The third-order valence-electron chi connectivity index (χ3n) is 4.86. The zero-order valence-electron chi connectivity index (χ0n) is 19.1. The molecule has 0 spiro atoms. The van der Waals surface area contributed by atoms with E-state index in [4.69, 9.17) is 10.5 Å². The number of hydrogen-bond donors (Lipinski definition) is 4. The molecule has 2 amide bonds. The van der Waals surface area contributed by atoms with E-state index >= 15 is 0 Å². The molecule has 3 rings (SSSR count). The highest BCUT2D eigenvalue weighted by molar-refractivity contribution is 6.00. The van der Waals surface area contributed by atoms with Gasteiger partial charge in [-0.2, -0.15) is 0 Å². The molecule has 0 atom stereocenters. The highest BCUT2D eigenvalue weighted by atomic mass is 16.6. The number of aliphatic imine (C=N–C) groups is 1. The van der Waals surface area contributed by atoms with Crippen molar-refractivity contribution in [1.82, 2.24) is 25.2 Å². The summed E-state index contributed by atoms with van der Waals surface area (Å²) in [5.41, 5.74) is 5.47. The number of imidazole rings is 1. The standard InChI is InChI=1S/C22H29N7O4/c1-22(2,3)33-21(32)29(4)16(11-17(23)27-14-9-6-10-24-19(14)30)18-25-12-15(28-18)20(31)26-13-7-5-8-13/h6,9-13H,5,7-8H2,1-4H3,(H2,23,27)(H,24,30)(H,25,28)(H,26,31)/b16-11+. The number of nitrogens with zero attached hydrogens (tertiary/aromatic N) is 3. The van der Waals surface area contributed by atoms with Gasteiger partial charge in [0.25, 0.3) is 11.5 Å². The Kier molecular flexibility index (Phi) is 7.00. The minimum absolute atomic E-state index is 0.0472. The zero-order valence-corrected chi connectivity index (χ0v) is 19.1. The first-order chi connectivity index (χ1) is 15.5. The SMILES string of the molecule is CN(C(=O)OC(C)(C)C)/C(=C/C(N)=Nc1ccc[nH]c1=O)c1ncc(C(=O)NC2CCC2)[nH]1. The van der Waals surface area contributed by atoms with Gasteiger partial charge in [-0.3, -0.25) is 14.5 Å². The quantitative estimate of drug-likeness (QED) is 0.386. The number of nitrogens with one attached hydrogen (secondary N) is 3. The lowest BCUT2D eigenvalue weighted by molar-refractivity contribution is 0.0387. The highest BCUT2D eigenvalue weighted by Gasteiger charge is 2.26. The molecule has 0 saturated heterocycles. The molecule has 2 aromatic heterocycles. The summed E-state index contributed by atoms with van der Waals surface area (Å²) in [5.74, 6) is -0.119. The number of carbonyl (C=O) groups excluding carboxylic acids is 2. The number of H-pyrrole nitrogens is 2. The average Bonchev–Trinajstić information content (AvgIpc) is 3.19. The fraction of sp³-hybridized carbons (Fsp3) is 0.409. The number of carbonyl (C=O) groups is 2. The van der Waals surface area contributed by atoms with Gasteiger partial charge in [-0.1, -0.05) is 0 Å². The lowest BCUT2D eigenvalue weighted by atomic mass is 9.93. The second-order valence-corrected chi connectivity index (χ2v) is 8.74. The fourth-order valence-corrected chi connectivity index (χ4v) is 2.95. The molecule has 11 heteroatoms. The molecule has 0 radical (unpaired) electrons. The largest absolute Gasteiger partial charge is 0.443 e. The van der Waals surface area contributed by atoms with E-state index in [1.54, 1.807) is 26.8 Å². The van der Waals surface area contributed by atoms with Crippen molar-refractivity contribution in [3.05, 3.63) is 52.5 Å².